The van der Waals surface area contributed by atoms with Crippen LogP contribution in [0.25, 0.3) is 0 Å². The number of methoxy groups -OCH3 is 1. The van der Waals surface area contributed by atoms with Crippen LogP contribution < -0.4 is 14.8 Å². The molecule has 1 unspecified atom stereocenters. The Morgan fingerprint density at radius 2 is 2.02 bits per heavy atom. The number of hydrogen-bond donors (Lipinski definition) is 2. The highest BCUT2D eigenvalue weighted by Gasteiger charge is 2.46. The minimum Gasteiger partial charge on any atom is -0.490 e. The first-order valence-electron chi connectivity index (χ1n) is 15.2. The number of halogens is 1. The largest absolute Gasteiger partial charge is 0.490 e. The number of carbonyl (C=O) groups is 1. The zero-order valence-corrected chi connectivity index (χ0v) is 25.7. The number of carboxylic acid groups (broad SMARTS) is 1. The fourth-order valence-electron chi connectivity index (χ4n) is 8.28. The molecule has 6 atom stereocenters. The monoisotopic (exact) mass is 616 g/mol. The van der Waals surface area contributed by atoms with Gasteiger partial charge in [0.1, 0.15) is 5.75 Å². The topological polar surface area (TPSA) is 119 Å². The minimum atomic E-state index is -3.58. The summed E-state index contributed by atoms with van der Waals surface area (Å²) in [7, 11) is -1.83. The first kappa shape index (κ1) is 29.7. The number of nitrogens with zero attached hydrogens (tertiary/aromatic N) is 1. The van der Waals surface area contributed by atoms with E-state index in [9.17, 15) is 18.3 Å². The SMILES string of the molecule is COC([C@@H]1CCC[C@H](S(N)(=O)=O)C1)[C@@H]1CC[C@H]1CN1C[C@@]2(CCCc3cc(Cl)ccc32)COc2ccc(C(=O)O)cc21. The molecule has 4 aliphatic rings. The van der Waals surface area contributed by atoms with E-state index < -0.39 is 21.2 Å². The fraction of sp³-hybridized carbons (Fsp3) is 0.594. The van der Waals surface area contributed by atoms with Gasteiger partial charge < -0.3 is 19.5 Å². The van der Waals surface area contributed by atoms with E-state index in [1.54, 1.807) is 25.3 Å². The molecule has 0 aromatic heterocycles. The number of aromatic carboxylic acids is 1. The van der Waals surface area contributed by atoms with Crippen molar-refractivity contribution in [2.75, 3.05) is 31.7 Å². The summed E-state index contributed by atoms with van der Waals surface area (Å²) in [5.41, 5.74) is 3.35. The van der Waals surface area contributed by atoms with Gasteiger partial charge in [0.2, 0.25) is 10.0 Å². The summed E-state index contributed by atoms with van der Waals surface area (Å²) >= 11 is 6.39. The molecule has 1 aliphatic heterocycles. The van der Waals surface area contributed by atoms with Gasteiger partial charge in [-0.2, -0.15) is 0 Å². The van der Waals surface area contributed by atoms with E-state index in [-0.39, 0.29) is 23.0 Å². The van der Waals surface area contributed by atoms with Gasteiger partial charge in [0.05, 0.1) is 29.2 Å². The van der Waals surface area contributed by atoms with Gasteiger partial charge in [-0.3, -0.25) is 0 Å². The number of anilines is 1. The maximum atomic E-state index is 12.2. The quantitative estimate of drug-likeness (QED) is 0.427. The molecule has 8 nitrogen and oxygen atoms in total. The molecule has 0 amide bonds. The molecule has 2 aromatic rings. The standard InChI is InChI=1S/C32H41ClN2O6S/c1-40-30(21-4-2-6-25(15-21)42(34,38)39)26-10-7-23(26)17-35-18-32(13-3-5-20-14-24(33)9-11-27(20)32)19-41-29-12-8-22(31(36)37)16-28(29)35/h8-9,11-12,14,16,21,23,25-26,30H,2-7,10,13,15,17-19H2,1H3,(H,36,37)(H2,34,38,39)/t21-,23+,25+,26-,30?,32+/m1/s1. The van der Waals surface area contributed by atoms with Crippen molar-refractivity contribution < 1.29 is 27.8 Å². The molecule has 10 heteroatoms. The van der Waals surface area contributed by atoms with Gasteiger partial charge in [-0.15, -0.1) is 0 Å². The highest BCUT2D eigenvalue weighted by molar-refractivity contribution is 7.89. The summed E-state index contributed by atoms with van der Waals surface area (Å²) < 4.78 is 37.0. The van der Waals surface area contributed by atoms with Gasteiger partial charge in [-0.1, -0.05) is 24.1 Å². The summed E-state index contributed by atoms with van der Waals surface area (Å²) in [4.78, 5) is 14.3. The van der Waals surface area contributed by atoms with Crippen LogP contribution in [0.1, 0.15) is 72.9 Å². The maximum absolute atomic E-state index is 12.2. The van der Waals surface area contributed by atoms with E-state index in [4.69, 9.17) is 26.2 Å². The number of nitrogens with two attached hydrogens (primary N) is 1. The predicted molar refractivity (Wildman–Crippen MR) is 163 cm³/mol. The van der Waals surface area contributed by atoms with E-state index in [1.807, 2.05) is 6.07 Å². The lowest BCUT2D eigenvalue weighted by Gasteiger charge is -2.48. The molecule has 1 spiro atoms. The average molecular weight is 617 g/mol. The molecular formula is C32H41ClN2O6S. The van der Waals surface area contributed by atoms with E-state index in [0.717, 1.165) is 68.7 Å². The van der Waals surface area contributed by atoms with Crippen LogP contribution in [0.4, 0.5) is 5.69 Å². The summed E-state index contributed by atoms with van der Waals surface area (Å²) in [6.45, 7) is 1.98. The predicted octanol–water partition coefficient (Wildman–Crippen LogP) is 5.40. The Balaban J connectivity index is 1.31. The van der Waals surface area contributed by atoms with Crippen molar-refractivity contribution in [3.05, 3.63) is 58.1 Å². The lowest BCUT2D eigenvalue weighted by atomic mass is 9.65. The van der Waals surface area contributed by atoms with Crippen LogP contribution in [0.5, 0.6) is 5.75 Å². The van der Waals surface area contributed by atoms with Crippen LogP contribution in [0.3, 0.4) is 0 Å². The van der Waals surface area contributed by atoms with E-state index in [0.29, 0.717) is 37.0 Å². The second kappa shape index (κ2) is 11.6. The normalized spacial score (nSPS) is 29.9. The molecule has 2 aromatic carbocycles. The van der Waals surface area contributed by atoms with E-state index in [2.05, 4.69) is 17.0 Å². The van der Waals surface area contributed by atoms with Crippen LogP contribution in [0.15, 0.2) is 36.4 Å². The van der Waals surface area contributed by atoms with Gasteiger partial charge in [-0.05, 0) is 111 Å². The first-order chi connectivity index (χ1) is 20.1. The van der Waals surface area contributed by atoms with Crippen LogP contribution in [0.2, 0.25) is 5.02 Å². The van der Waals surface area contributed by atoms with E-state index >= 15 is 0 Å². The van der Waals surface area contributed by atoms with Crippen LogP contribution in [0, 0.1) is 17.8 Å². The molecule has 42 heavy (non-hydrogen) atoms. The Morgan fingerprint density at radius 3 is 2.74 bits per heavy atom. The van der Waals surface area contributed by atoms with Crippen molar-refractivity contribution in [2.45, 2.75) is 74.6 Å². The second-order valence-corrected chi connectivity index (χ2v) is 15.2. The number of primary sulfonamides is 1. The zero-order chi connectivity index (χ0) is 29.6. The fourth-order valence-corrected chi connectivity index (χ4v) is 9.48. The van der Waals surface area contributed by atoms with Gasteiger partial charge in [0, 0.05) is 30.6 Å². The average Bonchev–Trinajstić information content (AvgIpc) is 3.10. The molecule has 228 valence electrons. The van der Waals surface area contributed by atoms with Crippen molar-refractivity contribution in [3.8, 4) is 5.75 Å². The number of benzene rings is 2. The van der Waals surface area contributed by atoms with Gasteiger partial charge >= 0.3 is 5.97 Å². The highest BCUT2D eigenvalue weighted by Crippen LogP contribution is 2.48. The number of aryl methyl sites for hydroxylation is 1. The third-order valence-corrected chi connectivity index (χ3v) is 12.1. The second-order valence-electron chi connectivity index (χ2n) is 12.9. The van der Waals surface area contributed by atoms with Crippen LogP contribution >= 0.6 is 11.6 Å². The lowest BCUT2D eigenvalue weighted by Crippen LogP contribution is -2.51. The molecule has 3 aliphatic carbocycles. The maximum Gasteiger partial charge on any atom is 0.335 e. The minimum absolute atomic E-state index is 0.0344. The van der Waals surface area contributed by atoms with Crippen molar-refractivity contribution in [1.29, 1.82) is 0 Å². The molecule has 1 heterocycles. The number of ether oxygens (including phenoxy) is 2. The Bertz CT molecular complexity index is 1450. The molecule has 2 saturated carbocycles. The molecule has 2 fully saturated rings. The Morgan fingerprint density at radius 1 is 1.19 bits per heavy atom. The third-order valence-electron chi connectivity index (χ3n) is 10.5. The molecule has 3 N–H and O–H groups in total. The Labute approximate surface area is 253 Å². The number of hydrogen-bond acceptors (Lipinski definition) is 6. The highest BCUT2D eigenvalue weighted by atomic mass is 35.5. The van der Waals surface area contributed by atoms with Crippen molar-refractivity contribution >= 4 is 33.3 Å². The van der Waals surface area contributed by atoms with Crippen molar-refractivity contribution in [2.24, 2.45) is 22.9 Å². The molecule has 0 bridgehead atoms. The lowest BCUT2D eigenvalue weighted by molar-refractivity contribution is -0.0588. The van der Waals surface area contributed by atoms with Crippen LogP contribution in [-0.4, -0.2) is 57.7 Å². The molecule has 6 rings (SSSR count). The van der Waals surface area contributed by atoms with E-state index in [1.165, 1.54) is 11.1 Å². The first-order valence-corrected chi connectivity index (χ1v) is 17.1. The number of carboxylic acids is 1. The van der Waals surface area contributed by atoms with Crippen molar-refractivity contribution in [1.82, 2.24) is 0 Å². The number of sulfonamides is 1. The number of rotatable bonds is 7. The summed E-state index contributed by atoms with van der Waals surface area (Å²) in [6, 6.07) is 11.3. The van der Waals surface area contributed by atoms with Crippen LogP contribution in [-0.2, 0) is 26.6 Å². The summed E-state index contributed by atoms with van der Waals surface area (Å²) in [5.74, 6) is 0.523. The molecule has 0 saturated heterocycles. The molecular weight excluding hydrogens is 576 g/mol. The number of fused-ring (bicyclic) bond motifs is 3. The van der Waals surface area contributed by atoms with Gasteiger partial charge in [-0.25, -0.2) is 18.4 Å². The Kier molecular flexibility index (Phi) is 8.24. The smallest absolute Gasteiger partial charge is 0.335 e. The summed E-state index contributed by atoms with van der Waals surface area (Å²) in [6.07, 6.45) is 7.97. The van der Waals surface area contributed by atoms with Crippen molar-refractivity contribution in [3.63, 3.8) is 0 Å². The van der Waals surface area contributed by atoms with Gasteiger partial charge in [0.25, 0.3) is 0 Å². The zero-order valence-electron chi connectivity index (χ0n) is 24.1. The Hall–Kier alpha value is -2.33. The third kappa shape index (κ3) is 5.65. The van der Waals surface area contributed by atoms with Gasteiger partial charge in [0.15, 0.2) is 0 Å². The summed E-state index contributed by atoms with van der Waals surface area (Å²) in [5, 5.41) is 15.6. The molecule has 0 radical (unpaired) electrons.